The summed E-state index contributed by atoms with van der Waals surface area (Å²) in [5.41, 5.74) is 20.4. The van der Waals surface area contributed by atoms with E-state index in [1.54, 1.807) is 0 Å². The van der Waals surface area contributed by atoms with Gasteiger partial charge in [-0.2, -0.15) is 0 Å². The van der Waals surface area contributed by atoms with Crippen molar-refractivity contribution in [3.63, 3.8) is 0 Å². The Morgan fingerprint density at radius 3 is 1.39 bits per heavy atom. The van der Waals surface area contributed by atoms with Crippen LogP contribution in [0.2, 0.25) is 0 Å². The van der Waals surface area contributed by atoms with Crippen molar-refractivity contribution in [2.75, 3.05) is 0 Å². The lowest BCUT2D eigenvalue weighted by molar-refractivity contribution is 0.660. The standard InChI is InChI=1S/C61H43N3/c1-61(2)54-26-16-15-25-50(54)51-30-27-46(38-55(51)61)56-39-57(63-60(62-56)43-23-13-6-14-24-43)48-33-47(42-21-11-5-12-22-42)34-49(35-48)64-58-31-28-44(40-17-7-3-8-18-40)36-52(58)53-37-45(29-32-59(53)64)41-19-9-4-10-20-41/h3-39H,1-2H3. The molecule has 0 saturated carbocycles. The van der Waals surface area contributed by atoms with Gasteiger partial charge in [0.15, 0.2) is 5.82 Å². The Balaban J connectivity index is 1.09. The number of fused-ring (bicyclic) bond motifs is 6. The molecule has 3 nitrogen and oxygen atoms in total. The van der Waals surface area contributed by atoms with Gasteiger partial charge >= 0.3 is 0 Å². The number of rotatable bonds is 7. The summed E-state index contributed by atoms with van der Waals surface area (Å²) in [4.78, 5) is 10.7. The molecule has 0 amide bonds. The fourth-order valence-corrected chi connectivity index (χ4v) is 9.93. The lowest BCUT2D eigenvalue weighted by atomic mass is 9.82. The first-order chi connectivity index (χ1) is 31.5. The van der Waals surface area contributed by atoms with E-state index in [-0.39, 0.29) is 5.41 Å². The fraction of sp³-hybridized carbons (Fsp3) is 0.0492. The molecule has 1 aliphatic carbocycles. The van der Waals surface area contributed by atoms with Crippen LogP contribution in [0.5, 0.6) is 0 Å². The van der Waals surface area contributed by atoms with Gasteiger partial charge in [-0.25, -0.2) is 9.97 Å². The summed E-state index contributed by atoms with van der Waals surface area (Å²) in [5, 5.41) is 2.41. The van der Waals surface area contributed by atoms with Crippen molar-refractivity contribution in [2.45, 2.75) is 19.3 Å². The zero-order chi connectivity index (χ0) is 42.8. The van der Waals surface area contributed by atoms with Crippen molar-refractivity contribution >= 4 is 21.8 Å². The minimum atomic E-state index is -0.134. The number of nitrogens with zero attached hydrogens (tertiary/aromatic N) is 3. The van der Waals surface area contributed by atoms with Gasteiger partial charge in [0.05, 0.1) is 22.4 Å². The Labute approximate surface area is 373 Å². The Hall–Kier alpha value is -8.14. The van der Waals surface area contributed by atoms with E-state index in [9.17, 15) is 0 Å². The minimum absolute atomic E-state index is 0.134. The average molecular weight is 818 g/mol. The third-order valence-electron chi connectivity index (χ3n) is 13.2. The Morgan fingerprint density at radius 1 is 0.328 bits per heavy atom. The van der Waals surface area contributed by atoms with E-state index in [4.69, 9.17) is 9.97 Å². The van der Waals surface area contributed by atoms with Crippen molar-refractivity contribution in [3.8, 4) is 84.1 Å². The van der Waals surface area contributed by atoms with Gasteiger partial charge < -0.3 is 4.57 Å². The van der Waals surface area contributed by atoms with Crippen molar-refractivity contribution < 1.29 is 0 Å². The number of hydrogen-bond acceptors (Lipinski definition) is 2. The molecule has 0 spiro atoms. The third kappa shape index (κ3) is 6.36. The molecule has 0 N–H and O–H groups in total. The molecule has 0 bridgehead atoms. The van der Waals surface area contributed by atoms with Crippen LogP contribution in [0.4, 0.5) is 0 Å². The maximum Gasteiger partial charge on any atom is 0.160 e. The third-order valence-corrected chi connectivity index (χ3v) is 13.2. The van der Waals surface area contributed by atoms with E-state index in [2.05, 4.69) is 237 Å². The van der Waals surface area contributed by atoms with Gasteiger partial charge in [-0.3, -0.25) is 0 Å². The summed E-state index contributed by atoms with van der Waals surface area (Å²) in [7, 11) is 0. The predicted octanol–water partition coefficient (Wildman–Crippen LogP) is 15.9. The quantitative estimate of drug-likeness (QED) is 0.160. The summed E-state index contributed by atoms with van der Waals surface area (Å²) in [5.74, 6) is 0.696. The average Bonchev–Trinajstić information content (AvgIpc) is 3.81. The van der Waals surface area contributed by atoms with Crippen LogP contribution < -0.4 is 0 Å². The van der Waals surface area contributed by atoms with Gasteiger partial charge in [0.1, 0.15) is 0 Å². The van der Waals surface area contributed by atoms with E-state index in [0.717, 1.165) is 55.9 Å². The molecule has 11 aromatic rings. The summed E-state index contributed by atoms with van der Waals surface area (Å²) in [6.07, 6.45) is 0. The van der Waals surface area contributed by atoms with Crippen LogP contribution >= 0.6 is 0 Å². The molecule has 0 radical (unpaired) electrons. The maximum atomic E-state index is 5.38. The first kappa shape index (κ1) is 37.6. The van der Waals surface area contributed by atoms with E-state index >= 15 is 0 Å². The summed E-state index contributed by atoms with van der Waals surface area (Å²) < 4.78 is 2.44. The van der Waals surface area contributed by atoms with Gasteiger partial charge in [0, 0.05) is 38.6 Å². The number of hydrogen-bond donors (Lipinski definition) is 0. The van der Waals surface area contributed by atoms with Crippen molar-refractivity contribution in [1.82, 2.24) is 14.5 Å². The molecule has 1 aliphatic rings. The second kappa shape index (κ2) is 15.0. The van der Waals surface area contributed by atoms with Crippen LogP contribution in [0.3, 0.4) is 0 Å². The highest BCUT2D eigenvalue weighted by atomic mass is 15.0. The van der Waals surface area contributed by atoms with Crippen LogP contribution in [-0.4, -0.2) is 14.5 Å². The molecule has 9 aromatic carbocycles. The van der Waals surface area contributed by atoms with Gasteiger partial charge in [-0.1, -0.05) is 184 Å². The maximum absolute atomic E-state index is 5.38. The lowest BCUT2D eigenvalue weighted by Gasteiger charge is -2.22. The van der Waals surface area contributed by atoms with Gasteiger partial charge in [0.25, 0.3) is 0 Å². The molecular formula is C61H43N3. The molecule has 0 fully saturated rings. The van der Waals surface area contributed by atoms with Crippen LogP contribution in [0, 0.1) is 0 Å². The number of aromatic nitrogens is 3. The largest absolute Gasteiger partial charge is 0.309 e. The highest BCUT2D eigenvalue weighted by Crippen LogP contribution is 2.50. The SMILES string of the molecule is CC1(C)c2ccccc2-c2ccc(-c3cc(-c4cc(-c5ccccc5)cc(-n5c6ccc(-c7ccccc7)cc6c6cc(-c7ccccc7)ccc65)c4)nc(-c4ccccc4)n3)cc21. The summed E-state index contributed by atoms with van der Waals surface area (Å²) >= 11 is 0. The first-order valence-electron chi connectivity index (χ1n) is 22.1. The van der Waals surface area contributed by atoms with Gasteiger partial charge in [-0.05, 0) is 110 Å². The smallest absolute Gasteiger partial charge is 0.160 e. The van der Waals surface area contributed by atoms with Gasteiger partial charge in [0.2, 0.25) is 0 Å². The van der Waals surface area contributed by atoms with E-state index in [0.29, 0.717) is 5.82 Å². The van der Waals surface area contributed by atoms with Crippen LogP contribution in [0.15, 0.2) is 224 Å². The first-order valence-corrected chi connectivity index (χ1v) is 22.1. The fourth-order valence-electron chi connectivity index (χ4n) is 9.93. The van der Waals surface area contributed by atoms with Crippen LogP contribution in [0.25, 0.3) is 106 Å². The van der Waals surface area contributed by atoms with E-state index in [1.165, 1.54) is 55.3 Å². The number of benzene rings is 9. The lowest BCUT2D eigenvalue weighted by Crippen LogP contribution is -2.14. The molecule has 2 aromatic heterocycles. The van der Waals surface area contributed by atoms with Crippen LogP contribution in [0.1, 0.15) is 25.0 Å². The van der Waals surface area contributed by atoms with Crippen LogP contribution in [-0.2, 0) is 5.41 Å². The Bertz CT molecular complexity index is 3450. The van der Waals surface area contributed by atoms with Crippen molar-refractivity contribution in [3.05, 3.63) is 236 Å². The van der Waals surface area contributed by atoms with Gasteiger partial charge in [-0.15, -0.1) is 0 Å². The second-order valence-electron chi connectivity index (χ2n) is 17.4. The summed E-state index contributed by atoms with van der Waals surface area (Å²) in [6, 6.07) is 81.0. The highest BCUT2D eigenvalue weighted by molar-refractivity contribution is 6.12. The zero-order valence-corrected chi connectivity index (χ0v) is 35.7. The Kier molecular flexibility index (Phi) is 8.84. The molecule has 0 unspecified atom stereocenters. The van der Waals surface area contributed by atoms with E-state index < -0.39 is 0 Å². The molecule has 2 heterocycles. The normalized spacial score (nSPS) is 12.7. The molecule has 3 heteroatoms. The molecule has 0 saturated heterocycles. The Morgan fingerprint density at radius 2 is 0.797 bits per heavy atom. The van der Waals surface area contributed by atoms with Crippen molar-refractivity contribution in [2.24, 2.45) is 0 Å². The molecule has 12 rings (SSSR count). The molecule has 0 atom stereocenters. The molecular weight excluding hydrogens is 775 g/mol. The monoisotopic (exact) mass is 817 g/mol. The second-order valence-corrected chi connectivity index (χ2v) is 17.4. The predicted molar refractivity (Wildman–Crippen MR) is 267 cm³/mol. The molecule has 302 valence electrons. The zero-order valence-electron chi connectivity index (χ0n) is 35.7. The molecule has 64 heavy (non-hydrogen) atoms. The van der Waals surface area contributed by atoms with Crippen molar-refractivity contribution in [1.29, 1.82) is 0 Å². The van der Waals surface area contributed by atoms with E-state index in [1.807, 2.05) is 6.07 Å². The molecule has 0 aliphatic heterocycles. The highest BCUT2D eigenvalue weighted by Gasteiger charge is 2.35. The minimum Gasteiger partial charge on any atom is -0.309 e. The topological polar surface area (TPSA) is 30.7 Å². The summed E-state index contributed by atoms with van der Waals surface area (Å²) in [6.45, 7) is 4.66.